The summed E-state index contributed by atoms with van der Waals surface area (Å²) < 4.78 is 32.6. The van der Waals surface area contributed by atoms with Crippen LogP contribution in [0.15, 0.2) is 60.8 Å². The van der Waals surface area contributed by atoms with Gasteiger partial charge in [0.15, 0.2) is 6.10 Å². The van der Waals surface area contributed by atoms with Crippen molar-refractivity contribution in [3.8, 4) is 0 Å². The van der Waals surface area contributed by atoms with Crippen molar-refractivity contribution in [3.63, 3.8) is 0 Å². The van der Waals surface area contributed by atoms with Gasteiger partial charge in [-0.1, -0.05) is 132 Å². The molecule has 0 aromatic carbocycles. The van der Waals surface area contributed by atoms with Crippen molar-refractivity contribution < 1.29 is 47.8 Å². The minimum Gasteiger partial charge on any atom is -0.462 e. The molecule has 0 spiro atoms. The fourth-order valence-corrected chi connectivity index (χ4v) is 6.11. The summed E-state index contributed by atoms with van der Waals surface area (Å²) in [4.78, 5) is 34.9. The van der Waals surface area contributed by atoms with Gasteiger partial charge in [-0.2, -0.15) is 0 Å². The molecule has 0 radical (unpaired) electrons. The zero-order chi connectivity index (χ0) is 40.5. The van der Waals surface area contributed by atoms with E-state index >= 15 is 0 Å². The Labute approximate surface area is 334 Å². The standard InChI is InChI=1S/C44H77O10P/c1-3-5-7-9-11-13-15-17-18-19-20-21-22-24-26-28-30-32-34-36-44(48)54-42(40-53-55(49,50)52-38-41(46)37-45)39-51-43(47)35-33-31-29-27-25-23-16-14-12-10-8-6-4-2/h11,13,17-18,20-21,23-26,41-42,45-46H,3-10,12,14-16,19,22,27-40H2,1-2H3,(H,49,50)/b13-11+,18-17+,21-20+,25-23+,26-24+/t41-,42+/m0/s1. The Morgan fingerprint density at radius 2 is 0.945 bits per heavy atom. The summed E-state index contributed by atoms with van der Waals surface area (Å²) in [7, 11) is -4.63. The summed E-state index contributed by atoms with van der Waals surface area (Å²) in [5.74, 6) is -0.984. The first-order valence-electron chi connectivity index (χ1n) is 21.2. The first-order valence-corrected chi connectivity index (χ1v) is 22.7. The molecule has 1 unspecified atom stereocenters. The summed E-state index contributed by atoms with van der Waals surface area (Å²) in [6.07, 6.45) is 43.3. The van der Waals surface area contributed by atoms with E-state index in [-0.39, 0.29) is 19.4 Å². The van der Waals surface area contributed by atoms with Crippen molar-refractivity contribution in [2.75, 3.05) is 26.4 Å². The van der Waals surface area contributed by atoms with Crippen molar-refractivity contribution >= 4 is 19.8 Å². The lowest BCUT2D eigenvalue weighted by atomic mass is 10.1. The fourth-order valence-electron chi connectivity index (χ4n) is 5.32. The maximum Gasteiger partial charge on any atom is 0.472 e. The number of allylic oxidation sites excluding steroid dienone is 10. The fraction of sp³-hybridized carbons (Fsp3) is 0.727. The highest BCUT2D eigenvalue weighted by molar-refractivity contribution is 7.47. The van der Waals surface area contributed by atoms with Crippen LogP contribution in [0.25, 0.3) is 0 Å². The Morgan fingerprint density at radius 1 is 0.545 bits per heavy atom. The molecule has 318 valence electrons. The molecule has 3 atom stereocenters. The van der Waals surface area contributed by atoms with E-state index in [0.29, 0.717) is 12.8 Å². The minimum absolute atomic E-state index is 0.141. The smallest absolute Gasteiger partial charge is 0.462 e. The molecule has 0 rings (SSSR count). The normalized spacial score (nSPS) is 14.5. The van der Waals surface area contributed by atoms with Crippen LogP contribution in [0, 0.1) is 0 Å². The highest BCUT2D eigenvalue weighted by atomic mass is 31.2. The number of aliphatic hydroxyl groups excluding tert-OH is 2. The van der Waals surface area contributed by atoms with Crippen LogP contribution in [0.4, 0.5) is 0 Å². The summed E-state index contributed by atoms with van der Waals surface area (Å²) in [5.41, 5.74) is 0. The van der Waals surface area contributed by atoms with E-state index in [0.717, 1.165) is 64.2 Å². The molecule has 0 heterocycles. The minimum atomic E-state index is -4.63. The number of carbonyl (C=O) groups excluding carboxylic acids is 2. The lowest BCUT2D eigenvalue weighted by Crippen LogP contribution is -2.29. The van der Waals surface area contributed by atoms with Crippen LogP contribution in [0.2, 0.25) is 0 Å². The number of rotatable bonds is 39. The molecule has 3 N–H and O–H groups in total. The zero-order valence-electron chi connectivity index (χ0n) is 34.4. The van der Waals surface area contributed by atoms with Crippen molar-refractivity contribution in [3.05, 3.63) is 60.8 Å². The maximum absolute atomic E-state index is 12.6. The zero-order valence-corrected chi connectivity index (χ0v) is 35.3. The molecule has 0 aromatic heterocycles. The van der Waals surface area contributed by atoms with Gasteiger partial charge in [-0.05, 0) is 83.5 Å². The van der Waals surface area contributed by atoms with Crippen LogP contribution in [-0.2, 0) is 32.7 Å². The van der Waals surface area contributed by atoms with Gasteiger partial charge >= 0.3 is 19.8 Å². The van der Waals surface area contributed by atoms with Gasteiger partial charge in [0, 0.05) is 12.8 Å². The first kappa shape index (κ1) is 52.7. The number of unbranched alkanes of at least 4 members (excludes halogenated alkanes) is 15. The summed E-state index contributed by atoms with van der Waals surface area (Å²) in [6, 6.07) is 0. The molecule has 11 heteroatoms. The van der Waals surface area contributed by atoms with E-state index in [1.54, 1.807) is 0 Å². The van der Waals surface area contributed by atoms with E-state index in [1.807, 2.05) is 0 Å². The van der Waals surface area contributed by atoms with E-state index < -0.39 is 51.8 Å². The van der Waals surface area contributed by atoms with Crippen molar-refractivity contribution in [1.82, 2.24) is 0 Å². The molecule has 0 saturated carbocycles. The highest BCUT2D eigenvalue weighted by Crippen LogP contribution is 2.43. The molecule has 0 aliphatic carbocycles. The molecule has 0 aliphatic heterocycles. The number of phosphoric acid groups is 1. The van der Waals surface area contributed by atoms with E-state index in [9.17, 15) is 24.2 Å². The number of carbonyl (C=O) groups is 2. The Balaban J connectivity index is 4.41. The molecular formula is C44H77O10P. The van der Waals surface area contributed by atoms with Crippen LogP contribution in [-0.4, -0.2) is 65.7 Å². The molecule has 0 fully saturated rings. The topological polar surface area (TPSA) is 149 Å². The molecule has 0 saturated heterocycles. The van der Waals surface area contributed by atoms with Crippen molar-refractivity contribution in [2.45, 2.75) is 180 Å². The van der Waals surface area contributed by atoms with Gasteiger partial charge in [-0.15, -0.1) is 0 Å². The van der Waals surface area contributed by atoms with Gasteiger partial charge < -0.3 is 24.6 Å². The average Bonchev–Trinajstić information content (AvgIpc) is 3.17. The molecular weight excluding hydrogens is 719 g/mol. The highest BCUT2D eigenvalue weighted by Gasteiger charge is 2.27. The number of hydrogen-bond acceptors (Lipinski definition) is 9. The third-order valence-corrected chi connectivity index (χ3v) is 9.60. The SMILES string of the molecule is CCCCC/C=C/C/C=C/C/C=C/C/C=C/CCCCCC(=O)O[C@H](COC(=O)CCCCC/C=C/CCCCCCCC)COP(=O)(O)OC[C@@H](O)CO. The lowest BCUT2D eigenvalue weighted by Gasteiger charge is -2.20. The van der Waals surface area contributed by atoms with Crippen LogP contribution < -0.4 is 0 Å². The summed E-state index contributed by atoms with van der Waals surface area (Å²) in [5, 5.41) is 18.3. The van der Waals surface area contributed by atoms with Crippen LogP contribution in [0.5, 0.6) is 0 Å². The molecule has 0 amide bonds. The Bertz CT molecular complexity index is 1100. The van der Waals surface area contributed by atoms with Gasteiger partial charge in [0.05, 0.1) is 19.8 Å². The van der Waals surface area contributed by atoms with E-state index in [1.165, 1.54) is 64.2 Å². The average molecular weight is 797 g/mol. The number of esters is 2. The molecule has 55 heavy (non-hydrogen) atoms. The number of ether oxygens (including phenoxy) is 2. The first-order chi connectivity index (χ1) is 26.7. The lowest BCUT2D eigenvalue weighted by molar-refractivity contribution is -0.161. The second-order valence-electron chi connectivity index (χ2n) is 14.0. The third-order valence-electron chi connectivity index (χ3n) is 8.64. The number of hydrogen-bond donors (Lipinski definition) is 3. The van der Waals surface area contributed by atoms with Crippen LogP contribution in [0.1, 0.15) is 168 Å². The van der Waals surface area contributed by atoms with Crippen LogP contribution >= 0.6 is 7.82 Å². The predicted molar refractivity (Wildman–Crippen MR) is 224 cm³/mol. The Kier molecular flexibility index (Phi) is 38.2. The van der Waals surface area contributed by atoms with Gasteiger partial charge in [0.2, 0.25) is 0 Å². The van der Waals surface area contributed by atoms with Gasteiger partial charge in [0.1, 0.15) is 12.7 Å². The van der Waals surface area contributed by atoms with Gasteiger partial charge in [0.25, 0.3) is 0 Å². The van der Waals surface area contributed by atoms with Gasteiger partial charge in [-0.25, -0.2) is 4.57 Å². The summed E-state index contributed by atoms with van der Waals surface area (Å²) >= 11 is 0. The quantitative estimate of drug-likeness (QED) is 0.0237. The van der Waals surface area contributed by atoms with E-state index in [2.05, 4.69) is 79.1 Å². The van der Waals surface area contributed by atoms with E-state index in [4.69, 9.17) is 19.1 Å². The monoisotopic (exact) mass is 797 g/mol. The molecule has 0 aliphatic rings. The Morgan fingerprint density at radius 3 is 1.47 bits per heavy atom. The number of phosphoric ester groups is 1. The number of aliphatic hydroxyl groups is 2. The maximum atomic E-state index is 12.6. The second kappa shape index (κ2) is 39.9. The molecule has 0 aromatic rings. The van der Waals surface area contributed by atoms with Crippen molar-refractivity contribution in [1.29, 1.82) is 0 Å². The Hall–Kier alpha value is -2.33. The largest absolute Gasteiger partial charge is 0.472 e. The second-order valence-corrected chi connectivity index (χ2v) is 15.5. The molecule has 0 bridgehead atoms. The molecule has 10 nitrogen and oxygen atoms in total. The third kappa shape index (κ3) is 39.7. The van der Waals surface area contributed by atoms with Crippen LogP contribution in [0.3, 0.4) is 0 Å². The van der Waals surface area contributed by atoms with Crippen molar-refractivity contribution in [2.24, 2.45) is 0 Å². The van der Waals surface area contributed by atoms with Gasteiger partial charge in [-0.3, -0.25) is 18.6 Å². The summed E-state index contributed by atoms with van der Waals surface area (Å²) in [6.45, 7) is 2.27. The predicted octanol–water partition coefficient (Wildman–Crippen LogP) is 11.1.